The van der Waals surface area contributed by atoms with Crippen LogP contribution >= 0.6 is 0 Å². The molecular weight excluding hydrogens is 304 g/mol. The van der Waals surface area contributed by atoms with Gasteiger partial charge in [0.2, 0.25) is 0 Å². The van der Waals surface area contributed by atoms with Crippen LogP contribution in [0.5, 0.6) is 0 Å². The molecule has 0 aliphatic rings. The van der Waals surface area contributed by atoms with E-state index in [1.165, 1.54) is 6.92 Å². The van der Waals surface area contributed by atoms with Crippen molar-refractivity contribution in [2.45, 2.75) is 19.1 Å². The molecule has 22 heavy (non-hydrogen) atoms. The fourth-order valence-corrected chi connectivity index (χ4v) is 0.289. The van der Waals surface area contributed by atoms with Crippen LogP contribution in [0, 0.1) is 0 Å². The van der Waals surface area contributed by atoms with Crippen LogP contribution in [0.1, 0.15) is 6.92 Å². The van der Waals surface area contributed by atoms with E-state index in [-0.39, 0.29) is 46.2 Å². The van der Waals surface area contributed by atoms with Gasteiger partial charge < -0.3 is 50.7 Å². The molecule has 0 rings (SSSR count). The van der Waals surface area contributed by atoms with Crippen molar-refractivity contribution in [3.8, 4) is 0 Å². The lowest BCUT2D eigenvalue weighted by molar-refractivity contribution is 0.0450. The van der Waals surface area contributed by atoms with Crippen LogP contribution in [0.3, 0.4) is 0 Å². The summed E-state index contributed by atoms with van der Waals surface area (Å²) in [6.45, 7) is 1.11. The van der Waals surface area contributed by atoms with Crippen LogP contribution in [0.4, 0.5) is 0 Å². The standard InChI is InChI=1S/C4H10O3.C3H8O3.C3H8O2.C2H6O2/c5-1-3-7-4-2-6;4-1-3(6)2-5;1-3(5)2-4;3-1-2-4/h5-6H,1-4H2;3-6H,1-2H2;3-5H,2H2,1H3;3-4H,1-2H2. The summed E-state index contributed by atoms with van der Waals surface area (Å²) >= 11 is 0. The molecule has 0 bridgehead atoms. The van der Waals surface area contributed by atoms with E-state index in [4.69, 9.17) is 46.0 Å². The third-order valence-corrected chi connectivity index (χ3v) is 1.26. The quantitative estimate of drug-likeness (QED) is 0.196. The molecule has 0 saturated carbocycles. The first kappa shape index (κ1) is 29.6. The van der Waals surface area contributed by atoms with Gasteiger partial charge in [0.15, 0.2) is 0 Å². The smallest absolute Gasteiger partial charge is 0.100 e. The molecular formula is C12H32O10. The molecule has 0 saturated heterocycles. The Morgan fingerprint density at radius 1 is 0.636 bits per heavy atom. The van der Waals surface area contributed by atoms with Gasteiger partial charge in [0.25, 0.3) is 0 Å². The average Bonchev–Trinajstić information content (AvgIpc) is 2.55. The maximum atomic E-state index is 8.17. The zero-order chi connectivity index (χ0) is 18.2. The van der Waals surface area contributed by atoms with Crippen LogP contribution in [0.25, 0.3) is 0 Å². The van der Waals surface area contributed by atoms with Gasteiger partial charge in [-0.2, -0.15) is 0 Å². The van der Waals surface area contributed by atoms with Gasteiger partial charge in [0.1, 0.15) is 6.10 Å². The Hall–Kier alpha value is -0.400. The van der Waals surface area contributed by atoms with Gasteiger partial charge in [-0.3, -0.25) is 0 Å². The van der Waals surface area contributed by atoms with Crippen molar-refractivity contribution in [3.05, 3.63) is 0 Å². The third-order valence-electron chi connectivity index (χ3n) is 1.26. The number of hydrogen-bond acceptors (Lipinski definition) is 10. The summed E-state index contributed by atoms with van der Waals surface area (Å²) in [4.78, 5) is 0. The Morgan fingerprint density at radius 2 is 0.955 bits per heavy atom. The average molecular weight is 336 g/mol. The zero-order valence-corrected chi connectivity index (χ0v) is 13.0. The molecule has 10 heteroatoms. The van der Waals surface area contributed by atoms with Crippen LogP contribution in [-0.4, -0.2) is 118 Å². The highest BCUT2D eigenvalue weighted by Crippen LogP contribution is 1.71. The lowest BCUT2D eigenvalue weighted by Crippen LogP contribution is -2.15. The van der Waals surface area contributed by atoms with Crippen molar-refractivity contribution in [3.63, 3.8) is 0 Å². The van der Waals surface area contributed by atoms with E-state index in [0.29, 0.717) is 13.2 Å². The van der Waals surface area contributed by atoms with Crippen molar-refractivity contribution >= 4 is 0 Å². The second kappa shape index (κ2) is 32.5. The molecule has 140 valence electrons. The van der Waals surface area contributed by atoms with Crippen molar-refractivity contribution in [1.82, 2.24) is 0 Å². The van der Waals surface area contributed by atoms with Gasteiger partial charge in [-0.25, -0.2) is 0 Å². The predicted octanol–water partition coefficient (Wildman–Crippen LogP) is -4.35. The highest BCUT2D eigenvalue weighted by Gasteiger charge is 1.93. The minimum atomic E-state index is -0.954. The SMILES string of the molecule is CC(O)CO.OCC(O)CO.OCCO.OCCOCCO. The van der Waals surface area contributed by atoms with Crippen LogP contribution < -0.4 is 0 Å². The molecule has 0 fully saturated rings. The van der Waals surface area contributed by atoms with E-state index in [1.54, 1.807) is 0 Å². The largest absolute Gasteiger partial charge is 0.394 e. The predicted molar refractivity (Wildman–Crippen MR) is 78.1 cm³/mol. The summed E-state index contributed by atoms with van der Waals surface area (Å²) in [6, 6.07) is 0. The van der Waals surface area contributed by atoms with Crippen molar-refractivity contribution in [2.24, 2.45) is 0 Å². The van der Waals surface area contributed by atoms with Gasteiger partial charge in [-0.05, 0) is 6.92 Å². The van der Waals surface area contributed by atoms with E-state index in [1.807, 2.05) is 0 Å². The van der Waals surface area contributed by atoms with Crippen LogP contribution in [-0.2, 0) is 4.74 Å². The van der Waals surface area contributed by atoms with E-state index in [0.717, 1.165) is 0 Å². The second-order valence-corrected chi connectivity index (χ2v) is 3.56. The Labute approximate surface area is 130 Å². The molecule has 0 radical (unpaired) electrons. The first-order valence-electron chi connectivity index (χ1n) is 6.61. The number of aliphatic hydroxyl groups excluding tert-OH is 9. The molecule has 0 aromatic rings. The molecule has 1 unspecified atom stereocenters. The number of ether oxygens (including phenoxy) is 1. The Bertz CT molecular complexity index is 138. The van der Waals surface area contributed by atoms with Crippen LogP contribution in [0.15, 0.2) is 0 Å². The van der Waals surface area contributed by atoms with Crippen molar-refractivity contribution < 1.29 is 50.7 Å². The van der Waals surface area contributed by atoms with Gasteiger partial charge in [0.05, 0.1) is 65.6 Å². The van der Waals surface area contributed by atoms with Gasteiger partial charge in [0, 0.05) is 0 Å². The molecule has 0 aromatic heterocycles. The lowest BCUT2D eigenvalue weighted by Gasteiger charge is -1.96. The molecule has 10 nitrogen and oxygen atoms in total. The fourth-order valence-electron chi connectivity index (χ4n) is 0.289. The van der Waals surface area contributed by atoms with Gasteiger partial charge in [-0.1, -0.05) is 0 Å². The second-order valence-electron chi connectivity index (χ2n) is 3.56. The lowest BCUT2D eigenvalue weighted by atomic mass is 10.4. The normalized spacial score (nSPS) is 10.5. The molecule has 0 aromatic carbocycles. The topological polar surface area (TPSA) is 191 Å². The first-order chi connectivity index (χ1) is 10.4. The molecule has 0 aliphatic carbocycles. The number of hydrogen-bond donors (Lipinski definition) is 9. The summed E-state index contributed by atoms with van der Waals surface area (Å²) in [6.07, 6.45) is -1.51. The highest BCUT2D eigenvalue weighted by molar-refractivity contribution is 4.44. The highest BCUT2D eigenvalue weighted by atomic mass is 16.5. The first-order valence-corrected chi connectivity index (χ1v) is 6.61. The van der Waals surface area contributed by atoms with Gasteiger partial charge >= 0.3 is 0 Å². The summed E-state index contributed by atoms with van der Waals surface area (Å²) < 4.78 is 4.63. The van der Waals surface area contributed by atoms with E-state index in [2.05, 4.69) is 4.74 Å². The minimum Gasteiger partial charge on any atom is -0.394 e. The summed E-state index contributed by atoms with van der Waals surface area (Å²) in [5, 5.41) is 71.4. The molecule has 0 spiro atoms. The van der Waals surface area contributed by atoms with Crippen LogP contribution in [0.2, 0.25) is 0 Å². The summed E-state index contributed by atoms with van der Waals surface area (Å²) in [5.74, 6) is 0. The third kappa shape index (κ3) is 60.3. The Kier molecular flexibility index (Phi) is 43.7. The molecule has 0 amide bonds. The van der Waals surface area contributed by atoms with Crippen molar-refractivity contribution in [1.29, 1.82) is 0 Å². The number of rotatable bonds is 8. The minimum absolute atomic E-state index is 0.0278. The molecule has 1 atom stereocenters. The van der Waals surface area contributed by atoms with E-state index in [9.17, 15) is 0 Å². The maximum absolute atomic E-state index is 8.17. The fraction of sp³-hybridized carbons (Fsp3) is 1.00. The van der Waals surface area contributed by atoms with E-state index < -0.39 is 12.2 Å². The molecule has 0 aliphatic heterocycles. The monoisotopic (exact) mass is 336 g/mol. The number of aliphatic hydroxyl groups is 9. The van der Waals surface area contributed by atoms with Gasteiger partial charge in [-0.15, -0.1) is 0 Å². The molecule has 9 N–H and O–H groups in total. The maximum Gasteiger partial charge on any atom is 0.100 e. The zero-order valence-electron chi connectivity index (χ0n) is 13.0. The Morgan fingerprint density at radius 3 is 1.05 bits per heavy atom. The molecule has 0 heterocycles. The Balaban J connectivity index is -0.000000100. The van der Waals surface area contributed by atoms with E-state index >= 15 is 0 Å². The summed E-state index contributed by atoms with van der Waals surface area (Å²) in [7, 11) is 0. The summed E-state index contributed by atoms with van der Waals surface area (Å²) in [5.41, 5.74) is 0. The van der Waals surface area contributed by atoms with Crippen molar-refractivity contribution in [2.75, 3.05) is 59.5 Å².